The average molecular weight is 595 g/mol. The maximum Gasteiger partial charge on any atom is 0.410 e. The molecule has 2 aromatic carbocycles. The first-order chi connectivity index (χ1) is 20.3. The number of rotatable bonds is 4. The molecule has 2 amide bonds. The van der Waals surface area contributed by atoms with Gasteiger partial charge >= 0.3 is 6.09 Å². The fourth-order valence-corrected chi connectivity index (χ4v) is 5.99. The van der Waals surface area contributed by atoms with Crippen LogP contribution in [0.15, 0.2) is 54.6 Å². The molecule has 9 nitrogen and oxygen atoms in total. The van der Waals surface area contributed by atoms with Crippen molar-refractivity contribution in [3.63, 3.8) is 0 Å². The second-order valence-corrected chi connectivity index (χ2v) is 10.8. The number of hydrogen-bond donors (Lipinski definition) is 0. The molecule has 2 saturated heterocycles. The molecule has 0 N–H and O–H groups in total. The number of aromatic nitrogens is 2. The molecule has 1 unspecified atom stereocenters. The van der Waals surface area contributed by atoms with Crippen molar-refractivity contribution in [1.82, 2.24) is 20.0 Å². The zero-order valence-electron chi connectivity index (χ0n) is 22.9. The minimum Gasteiger partial charge on any atom is -0.453 e. The molecule has 5 rings (SSSR count). The van der Waals surface area contributed by atoms with Gasteiger partial charge in [-0.2, -0.15) is 5.26 Å². The van der Waals surface area contributed by atoms with Gasteiger partial charge in [0, 0.05) is 49.7 Å². The van der Waals surface area contributed by atoms with Crippen LogP contribution < -0.4 is 4.90 Å². The van der Waals surface area contributed by atoms with E-state index in [0.29, 0.717) is 30.2 Å². The number of benzene rings is 2. The van der Waals surface area contributed by atoms with E-state index in [4.69, 9.17) is 21.6 Å². The van der Waals surface area contributed by atoms with Crippen molar-refractivity contribution in [1.29, 1.82) is 5.26 Å². The van der Waals surface area contributed by atoms with Crippen molar-refractivity contribution in [2.45, 2.75) is 24.8 Å². The summed E-state index contributed by atoms with van der Waals surface area (Å²) in [4.78, 5) is 32.1. The second-order valence-electron chi connectivity index (χ2n) is 10.4. The molecule has 0 bridgehead atoms. The van der Waals surface area contributed by atoms with Gasteiger partial charge in [0.1, 0.15) is 17.7 Å². The van der Waals surface area contributed by atoms with E-state index in [0.717, 1.165) is 11.6 Å². The van der Waals surface area contributed by atoms with Gasteiger partial charge in [-0.25, -0.2) is 13.6 Å². The summed E-state index contributed by atoms with van der Waals surface area (Å²) in [7, 11) is 1.32. The Morgan fingerprint density at radius 2 is 1.81 bits per heavy atom. The predicted octanol–water partition coefficient (Wildman–Crippen LogP) is 4.93. The maximum atomic E-state index is 15.0. The number of anilines is 1. The molecule has 2 aliphatic heterocycles. The Bertz CT molecular complexity index is 1480. The summed E-state index contributed by atoms with van der Waals surface area (Å²) in [6.07, 6.45) is 0.704. The summed E-state index contributed by atoms with van der Waals surface area (Å²) in [6.45, 7) is 1.41. The van der Waals surface area contributed by atoms with Crippen molar-refractivity contribution in [3.8, 4) is 6.07 Å². The number of nitriles is 1. The average Bonchev–Trinajstić information content (AvgIpc) is 3.42. The standard InChI is InChI=1S/C30H29ClF2N6O3/c1-42-30(41)39-14-13-37(12-2-3-27(39)19-4-6-20(31)7-5-19)29(40)25-18-38(28-11-9-22(16-34)35-36-28)17-24(25)23-10-8-21(32)15-26(23)33/h4-11,15,24-25,27H,2-3,12-14,17-18H2,1H3/t24-,25+,27?/m0/s1. The van der Waals surface area contributed by atoms with E-state index in [1.165, 1.54) is 25.3 Å². The Labute approximate surface area is 247 Å². The summed E-state index contributed by atoms with van der Waals surface area (Å²) in [5, 5.41) is 17.7. The van der Waals surface area contributed by atoms with Crippen molar-refractivity contribution in [2.24, 2.45) is 5.92 Å². The second kappa shape index (κ2) is 12.7. The van der Waals surface area contributed by atoms with Gasteiger partial charge in [-0.05, 0) is 54.3 Å². The van der Waals surface area contributed by atoms with Gasteiger partial charge in [-0.1, -0.05) is 29.8 Å². The van der Waals surface area contributed by atoms with Crippen molar-refractivity contribution in [3.05, 3.63) is 88.1 Å². The van der Waals surface area contributed by atoms with E-state index in [1.54, 1.807) is 28.0 Å². The third-order valence-electron chi connectivity index (χ3n) is 7.96. The molecule has 3 heterocycles. The molecule has 12 heteroatoms. The monoisotopic (exact) mass is 594 g/mol. The Balaban J connectivity index is 1.40. The summed E-state index contributed by atoms with van der Waals surface area (Å²) in [6, 6.07) is 15.6. The van der Waals surface area contributed by atoms with E-state index in [2.05, 4.69) is 10.2 Å². The minimum absolute atomic E-state index is 0.152. The maximum absolute atomic E-state index is 15.0. The van der Waals surface area contributed by atoms with Crippen LogP contribution in [0.1, 0.15) is 41.6 Å². The largest absolute Gasteiger partial charge is 0.453 e. The quantitative estimate of drug-likeness (QED) is 0.422. The number of carbonyl (C=O) groups excluding carboxylic acids is 2. The van der Waals surface area contributed by atoms with Gasteiger partial charge in [0.05, 0.1) is 19.1 Å². The SMILES string of the molecule is COC(=O)N1CCN(C(=O)[C@@H]2CN(c3ccc(C#N)nn3)C[C@H]2c2ccc(F)cc2F)CCCC1c1ccc(Cl)cc1. The molecule has 1 aromatic heterocycles. The van der Waals surface area contributed by atoms with Crippen molar-refractivity contribution in [2.75, 3.05) is 44.7 Å². The fourth-order valence-electron chi connectivity index (χ4n) is 5.86. The lowest BCUT2D eigenvalue weighted by molar-refractivity contribution is -0.136. The number of ether oxygens (including phenoxy) is 1. The van der Waals surface area contributed by atoms with Crippen LogP contribution >= 0.6 is 11.6 Å². The van der Waals surface area contributed by atoms with E-state index < -0.39 is 29.6 Å². The van der Waals surface area contributed by atoms with Crippen LogP contribution in [0, 0.1) is 28.9 Å². The number of amides is 2. The lowest BCUT2D eigenvalue weighted by Crippen LogP contribution is -2.47. The normalized spacial score (nSPS) is 20.9. The van der Waals surface area contributed by atoms with Gasteiger partial charge in [-0.3, -0.25) is 9.69 Å². The lowest BCUT2D eigenvalue weighted by atomic mass is 9.87. The topological polar surface area (TPSA) is 103 Å². The lowest BCUT2D eigenvalue weighted by Gasteiger charge is -2.37. The Morgan fingerprint density at radius 1 is 1.02 bits per heavy atom. The van der Waals surface area contributed by atoms with Crippen LogP contribution in [0.3, 0.4) is 0 Å². The van der Waals surface area contributed by atoms with Gasteiger partial charge in [0.15, 0.2) is 11.5 Å². The van der Waals surface area contributed by atoms with Gasteiger partial charge < -0.3 is 14.5 Å². The smallest absolute Gasteiger partial charge is 0.410 e. The van der Waals surface area contributed by atoms with E-state index in [1.807, 2.05) is 23.1 Å². The van der Waals surface area contributed by atoms with E-state index in [-0.39, 0.29) is 49.4 Å². The van der Waals surface area contributed by atoms with Crippen LogP contribution in [0.5, 0.6) is 0 Å². The molecule has 0 aliphatic carbocycles. The first kappa shape index (κ1) is 29.2. The number of carbonyl (C=O) groups is 2. The summed E-state index contributed by atoms with van der Waals surface area (Å²) >= 11 is 6.07. The Hall–Kier alpha value is -4.30. The molecule has 0 saturated carbocycles. The molecule has 2 fully saturated rings. The molecule has 0 radical (unpaired) electrons. The number of halogens is 3. The molecule has 0 spiro atoms. The Morgan fingerprint density at radius 3 is 2.48 bits per heavy atom. The highest BCUT2D eigenvalue weighted by Crippen LogP contribution is 2.38. The van der Waals surface area contributed by atoms with Crippen LogP contribution in [-0.4, -0.2) is 71.8 Å². The molecule has 3 atom stereocenters. The third-order valence-corrected chi connectivity index (χ3v) is 8.21. The molecule has 2 aliphatic rings. The van der Waals surface area contributed by atoms with Crippen molar-refractivity contribution < 1.29 is 23.1 Å². The number of nitrogens with zero attached hydrogens (tertiary/aromatic N) is 6. The van der Waals surface area contributed by atoms with Gasteiger partial charge in [0.25, 0.3) is 0 Å². The van der Waals surface area contributed by atoms with E-state index in [9.17, 15) is 14.0 Å². The third kappa shape index (κ3) is 6.14. The Kier molecular flexibility index (Phi) is 8.83. The van der Waals surface area contributed by atoms with Crippen LogP contribution in [0.2, 0.25) is 5.02 Å². The highest BCUT2D eigenvalue weighted by Gasteiger charge is 2.42. The highest BCUT2D eigenvalue weighted by atomic mass is 35.5. The first-order valence-electron chi connectivity index (χ1n) is 13.6. The zero-order valence-corrected chi connectivity index (χ0v) is 23.7. The van der Waals surface area contributed by atoms with Crippen LogP contribution in [0.4, 0.5) is 19.4 Å². The minimum atomic E-state index is -0.721. The summed E-state index contributed by atoms with van der Waals surface area (Å²) in [5.41, 5.74) is 1.32. The van der Waals surface area contributed by atoms with Gasteiger partial charge in [0.2, 0.25) is 5.91 Å². The number of hydrogen-bond acceptors (Lipinski definition) is 7. The fraction of sp³-hybridized carbons (Fsp3) is 0.367. The molecular formula is C30H29ClF2N6O3. The molecule has 42 heavy (non-hydrogen) atoms. The molecular weight excluding hydrogens is 566 g/mol. The molecule has 3 aromatic rings. The zero-order chi connectivity index (χ0) is 29.8. The summed E-state index contributed by atoms with van der Waals surface area (Å²) < 4.78 is 33.9. The van der Waals surface area contributed by atoms with Crippen LogP contribution in [0.25, 0.3) is 0 Å². The van der Waals surface area contributed by atoms with Crippen LogP contribution in [-0.2, 0) is 9.53 Å². The first-order valence-corrected chi connectivity index (χ1v) is 14.0. The summed E-state index contributed by atoms with van der Waals surface area (Å²) in [5.74, 6) is -2.41. The number of methoxy groups -OCH3 is 1. The van der Waals surface area contributed by atoms with Gasteiger partial charge in [-0.15, -0.1) is 10.2 Å². The highest BCUT2D eigenvalue weighted by molar-refractivity contribution is 6.30. The predicted molar refractivity (Wildman–Crippen MR) is 151 cm³/mol. The molecule has 218 valence electrons. The van der Waals surface area contributed by atoms with Crippen molar-refractivity contribution >= 4 is 29.4 Å². The van der Waals surface area contributed by atoms with E-state index >= 15 is 4.39 Å².